The Labute approximate surface area is 115 Å². The van der Waals surface area contributed by atoms with Gasteiger partial charge < -0.3 is 10.2 Å². The molecule has 2 nitrogen and oxygen atoms in total. The molecule has 0 atom stereocenters. The van der Waals surface area contributed by atoms with Gasteiger partial charge in [0.2, 0.25) is 0 Å². The molecule has 1 aromatic rings. The largest absolute Gasteiger partial charge is 0.314 e. The van der Waals surface area contributed by atoms with Crippen molar-refractivity contribution in [2.75, 3.05) is 39.0 Å². The van der Waals surface area contributed by atoms with Crippen LogP contribution in [-0.2, 0) is 6.42 Å². The molecule has 1 N–H and O–H groups in total. The van der Waals surface area contributed by atoms with Crippen LogP contribution in [0.15, 0.2) is 17.0 Å². The molecule has 0 radical (unpaired) electrons. The molecule has 3 heteroatoms. The first kappa shape index (κ1) is 13.9. The van der Waals surface area contributed by atoms with Crippen molar-refractivity contribution in [1.82, 2.24) is 10.2 Å². The molecule has 2 rings (SSSR count). The van der Waals surface area contributed by atoms with Gasteiger partial charge in [0.05, 0.1) is 0 Å². The van der Waals surface area contributed by atoms with E-state index in [1.165, 1.54) is 47.6 Å². The van der Waals surface area contributed by atoms with Gasteiger partial charge in [0.15, 0.2) is 0 Å². The van der Waals surface area contributed by atoms with E-state index in [0.717, 1.165) is 13.1 Å². The number of nitrogens with zero attached hydrogens (tertiary/aromatic N) is 1. The van der Waals surface area contributed by atoms with Crippen LogP contribution in [0.1, 0.15) is 16.7 Å². The van der Waals surface area contributed by atoms with Gasteiger partial charge in [0.25, 0.3) is 0 Å². The monoisotopic (exact) mass is 264 g/mol. The Bertz CT molecular complexity index is 398. The summed E-state index contributed by atoms with van der Waals surface area (Å²) in [5.74, 6) is 0. The Morgan fingerprint density at radius 3 is 2.61 bits per heavy atom. The molecular formula is C15H24N2S. The summed E-state index contributed by atoms with van der Waals surface area (Å²) in [6.45, 7) is 10.3. The van der Waals surface area contributed by atoms with Crippen molar-refractivity contribution in [3.05, 3.63) is 28.8 Å². The first-order valence-corrected chi connectivity index (χ1v) is 8.00. The molecule has 100 valence electrons. The predicted octanol–water partition coefficient (Wildman–Crippen LogP) is 2.47. The zero-order valence-corrected chi connectivity index (χ0v) is 12.6. The molecule has 1 fully saturated rings. The summed E-state index contributed by atoms with van der Waals surface area (Å²) in [7, 11) is 0. The average Bonchev–Trinajstić information content (AvgIpc) is 2.41. The molecule has 0 amide bonds. The number of nitrogens with one attached hydrogen (secondary N) is 1. The Hall–Kier alpha value is -0.510. The topological polar surface area (TPSA) is 15.3 Å². The fourth-order valence-electron chi connectivity index (χ4n) is 2.49. The van der Waals surface area contributed by atoms with Gasteiger partial charge in [0, 0.05) is 37.6 Å². The molecule has 0 spiro atoms. The molecule has 1 saturated heterocycles. The third kappa shape index (κ3) is 3.50. The van der Waals surface area contributed by atoms with Crippen molar-refractivity contribution in [2.45, 2.75) is 25.2 Å². The zero-order chi connectivity index (χ0) is 13.0. The molecule has 0 saturated carbocycles. The summed E-state index contributed by atoms with van der Waals surface area (Å²) in [6, 6.07) is 4.67. The molecular weight excluding hydrogens is 240 g/mol. The van der Waals surface area contributed by atoms with E-state index >= 15 is 0 Å². The van der Waals surface area contributed by atoms with E-state index in [4.69, 9.17) is 0 Å². The Balaban J connectivity index is 2.01. The van der Waals surface area contributed by atoms with Crippen molar-refractivity contribution in [3.63, 3.8) is 0 Å². The number of thioether (sulfide) groups is 1. The highest BCUT2D eigenvalue weighted by Gasteiger charge is 2.10. The van der Waals surface area contributed by atoms with Gasteiger partial charge in [-0.1, -0.05) is 0 Å². The quantitative estimate of drug-likeness (QED) is 0.841. The van der Waals surface area contributed by atoms with Gasteiger partial charge in [-0.3, -0.25) is 0 Å². The Morgan fingerprint density at radius 2 is 1.94 bits per heavy atom. The zero-order valence-electron chi connectivity index (χ0n) is 11.8. The number of hydrogen-bond donors (Lipinski definition) is 1. The van der Waals surface area contributed by atoms with Crippen LogP contribution in [0.25, 0.3) is 0 Å². The van der Waals surface area contributed by atoms with Crippen LogP contribution in [-0.4, -0.2) is 43.9 Å². The van der Waals surface area contributed by atoms with Crippen LogP contribution in [0.4, 0.5) is 0 Å². The van der Waals surface area contributed by atoms with Crippen molar-refractivity contribution in [3.8, 4) is 0 Å². The Morgan fingerprint density at radius 1 is 1.22 bits per heavy atom. The average molecular weight is 264 g/mol. The van der Waals surface area contributed by atoms with Crippen LogP contribution in [0, 0.1) is 13.8 Å². The summed E-state index contributed by atoms with van der Waals surface area (Å²) < 4.78 is 0. The molecule has 1 heterocycles. The number of rotatable bonds is 4. The van der Waals surface area contributed by atoms with E-state index in [1.54, 1.807) is 0 Å². The lowest BCUT2D eigenvalue weighted by atomic mass is 10.0. The van der Waals surface area contributed by atoms with E-state index in [0.29, 0.717) is 0 Å². The summed E-state index contributed by atoms with van der Waals surface area (Å²) in [5, 5.41) is 3.41. The summed E-state index contributed by atoms with van der Waals surface area (Å²) >= 11 is 1.84. The van der Waals surface area contributed by atoms with Crippen molar-refractivity contribution in [2.24, 2.45) is 0 Å². The molecule has 0 bridgehead atoms. The van der Waals surface area contributed by atoms with E-state index in [9.17, 15) is 0 Å². The number of benzene rings is 1. The second-order valence-electron chi connectivity index (χ2n) is 5.07. The van der Waals surface area contributed by atoms with Gasteiger partial charge in [-0.05, 0) is 55.3 Å². The van der Waals surface area contributed by atoms with E-state index in [-0.39, 0.29) is 0 Å². The van der Waals surface area contributed by atoms with Gasteiger partial charge in [-0.25, -0.2) is 0 Å². The minimum Gasteiger partial charge on any atom is -0.314 e. The van der Waals surface area contributed by atoms with E-state index < -0.39 is 0 Å². The number of hydrogen-bond acceptors (Lipinski definition) is 3. The molecule has 0 aliphatic carbocycles. The summed E-state index contributed by atoms with van der Waals surface area (Å²) in [4.78, 5) is 3.96. The highest BCUT2D eigenvalue weighted by atomic mass is 32.2. The fraction of sp³-hybridized carbons (Fsp3) is 0.600. The molecule has 1 aromatic carbocycles. The van der Waals surface area contributed by atoms with E-state index in [1.807, 2.05) is 11.8 Å². The van der Waals surface area contributed by atoms with Gasteiger partial charge >= 0.3 is 0 Å². The van der Waals surface area contributed by atoms with Crippen LogP contribution < -0.4 is 5.32 Å². The van der Waals surface area contributed by atoms with Crippen molar-refractivity contribution < 1.29 is 0 Å². The van der Waals surface area contributed by atoms with Crippen LogP contribution in [0.2, 0.25) is 0 Å². The first-order valence-electron chi connectivity index (χ1n) is 6.78. The van der Waals surface area contributed by atoms with Gasteiger partial charge in [0.1, 0.15) is 0 Å². The normalized spacial score (nSPS) is 17.1. The second-order valence-corrected chi connectivity index (χ2v) is 5.95. The predicted molar refractivity (Wildman–Crippen MR) is 80.7 cm³/mol. The summed E-state index contributed by atoms with van der Waals surface area (Å²) in [6.07, 6.45) is 3.34. The van der Waals surface area contributed by atoms with Crippen LogP contribution in [0.5, 0.6) is 0 Å². The van der Waals surface area contributed by atoms with Gasteiger partial charge in [-0.15, -0.1) is 11.8 Å². The first-order chi connectivity index (χ1) is 8.70. The maximum atomic E-state index is 3.41. The van der Waals surface area contributed by atoms with Gasteiger partial charge in [-0.2, -0.15) is 0 Å². The summed E-state index contributed by atoms with van der Waals surface area (Å²) in [5.41, 5.74) is 4.43. The third-order valence-corrected chi connectivity index (χ3v) is 4.60. The minimum absolute atomic E-state index is 1.14. The number of aryl methyl sites for hydroxylation is 1. The molecule has 0 aromatic heterocycles. The van der Waals surface area contributed by atoms with Crippen molar-refractivity contribution in [1.29, 1.82) is 0 Å². The number of piperazine rings is 1. The van der Waals surface area contributed by atoms with Crippen molar-refractivity contribution >= 4 is 11.8 Å². The highest BCUT2D eigenvalue weighted by Crippen LogP contribution is 2.23. The standard InChI is InChI=1S/C15H24N2S/c1-12-10-15(18-3)11-14(13(12)2)4-7-17-8-5-16-6-9-17/h10-11,16H,4-9H2,1-3H3. The van der Waals surface area contributed by atoms with Crippen LogP contribution >= 0.6 is 11.8 Å². The Kier molecular flexibility index (Phi) is 5.10. The molecule has 1 aliphatic rings. The lowest BCUT2D eigenvalue weighted by Gasteiger charge is -2.27. The third-order valence-electron chi connectivity index (χ3n) is 3.89. The second kappa shape index (κ2) is 6.60. The fourth-order valence-corrected chi connectivity index (χ4v) is 3.04. The van der Waals surface area contributed by atoms with Crippen LogP contribution in [0.3, 0.4) is 0 Å². The molecule has 18 heavy (non-hydrogen) atoms. The smallest absolute Gasteiger partial charge is 0.0108 e. The molecule has 1 aliphatic heterocycles. The highest BCUT2D eigenvalue weighted by molar-refractivity contribution is 7.98. The molecule has 0 unspecified atom stereocenters. The minimum atomic E-state index is 1.14. The SMILES string of the molecule is CSc1cc(C)c(C)c(CCN2CCNCC2)c1. The lowest BCUT2D eigenvalue weighted by molar-refractivity contribution is 0.244. The maximum absolute atomic E-state index is 3.41. The lowest BCUT2D eigenvalue weighted by Crippen LogP contribution is -2.44. The van der Waals surface area contributed by atoms with E-state index in [2.05, 4.69) is 42.5 Å². The maximum Gasteiger partial charge on any atom is 0.0108 e.